The second kappa shape index (κ2) is 5.73. The molecule has 84 valence electrons. The molecule has 0 aromatic heterocycles. The lowest BCUT2D eigenvalue weighted by atomic mass is 9.99. The van der Waals surface area contributed by atoms with E-state index >= 15 is 0 Å². The van der Waals surface area contributed by atoms with E-state index in [1.807, 2.05) is 19.1 Å². The molecule has 1 aromatic rings. The van der Waals surface area contributed by atoms with Crippen LogP contribution in [-0.2, 0) is 6.42 Å². The first-order chi connectivity index (χ1) is 7.17. The SMILES string of the molecule is Cc1cc(CCC(CN)CO)ccc1O. The number of aromatic hydroxyl groups is 1. The van der Waals surface area contributed by atoms with E-state index in [0.29, 0.717) is 12.3 Å². The first-order valence-electron chi connectivity index (χ1n) is 5.26. The van der Waals surface area contributed by atoms with Gasteiger partial charge in [0.15, 0.2) is 0 Å². The summed E-state index contributed by atoms with van der Waals surface area (Å²) in [6, 6.07) is 5.59. The molecular formula is C12H19NO2. The lowest BCUT2D eigenvalue weighted by molar-refractivity contribution is 0.223. The van der Waals surface area contributed by atoms with Gasteiger partial charge in [-0.1, -0.05) is 12.1 Å². The molecule has 1 aromatic carbocycles. The lowest BCUT2D eigenvalue weighted by Gasteiger charge is -2.11. The van der Waals surface area contributed by atoms with Crippen LogP contribution in [0.5, 0.6) is 5.75 Å². The minimum atomic E-state index is 0.146. The normalized spacial score (nSPS) is 12.7. The van der Waals surface area contributed by atoms with Gasteiger partial charge in [0, 0.05) is 6.61 Å². The van der Waals surface area contributed by atoms with Crippen molar-refractivity contribution < 1.29 is 10.2 Å². The molecule has 3 nitrogen and oxygen atoms in total. The molecule has 0 saturated carbocycles. The van der Waals surface area contributed by atoms with Gasteiger partial charge in [-0.25, -0.2) is 0 Å². The highest BCUT2D eigenvalue weighted by atomic mass is 16.3. The molecule has 1 unspecified atom stereocenters. The molecule has 4 N–H and O–H groups in total. The Hall–Kier alpha value is -1.06. The number of aliphatic hydroxyl groups excluding tert-OH is 1. The Kier molecular flexibility index (Phi) is 4.59. The number of aliphatic hydroxyl groups is 1. The first kappa shape index (κ1) is 12.0. The van der Waals surface area contributed by atoms with Gasteiger partial charge in [-0.2, -0.15) is 0 Å². The highest BCUT2D eigenvalue weighted by Gasteiger charge is 2.05. The van der Waals surface area contributed by atoms with Crippen LogP contribution in [0.25, 0.3) is 0 Å². The van der Waals surface area contributed by atoms with Crippen LogP contribution < -0.4 is 5.73 Å². The molecule has 0 saturated heterocycles. The maximum atomic E-state index is 9.35. The second-order valence-corrected chi connectivity index (χ2v) is 3.94. The smallest absolute Gasteiger partial charge is 0.118 e. The molecular weight excluding hydrogens is 190 g/mol. The fourth-order valence-corrected chi connectivity index (χ4v) is 1.53. The van der Waals surface area contributed by atoms with E-state index in [2.05, 4.69) is 0 Å². The number of hydrogen-bond donors (Lipinski definition) is 3. The fourth-order valence-electron chi connectivity index (χ4n) is 1.53. The number of nitrogens with two attached hydrogens (primary N) is 1. The van der Waals surface area contributed by atoms with Crippen molar-refractivity contribution in [3.8, 4) is 5.75 Å². The van der Waals surface area contributed by atoms with E-state index in [0.717, 1.165) is 18.4 Å². The van der Waals surface area contributed by atoms with Gasteiger partial charge in [-0.15, -0.1) is 0 Å². The van der Waals surface area contributed by atoms with Crippen molar-refractivity contribution >= 4 is 0 Å². The van der Waals surface area contributed by atoms with Gasteiger partial charge < -0.3 is 15.9 Å². The molecule has 0 radical (unpaired) electrons. The summed E-state index contributed by atoms with van der Waals surface area (Å²) in [6.07, 6.45) is 1.78. The summed E-state index contributed by atoms with van der Waals surface area (Å²) in [7, 11) is 0. The summed E-state index contributed by atoms with van der Waals surface area (Å²) in [5.74, 6) is 0.510. The molecule has 0 fully saturated rings. The third-order valence-electron chi connectivity index (χ3n) is 2.69. The minimum absolute atomic E-state index is 0.146. The Morgan fingerprint density at radius 1 is 1.40 bits per heavy atom. The Labute approximate surface area is 90.5 Å². The first-order valence-corrected chi connectivity index (χ1v) is 5.26. The molecule has 0 amide bonds. The maximum Gasteiger partial charge on any atom is 0.118 e. The van der Waals surface area contributed by atoms with Gasteiger partial charge in [0.25, 0.3) is 0 Å². The summed E-state index contributed by atoms with van der Waals surface area (Å²) < 4.78 is 0. The van der Waals surface area contributed by atoms with Gasteiger partial charge in [-0.05, 0) is 49.4 Å². The zero-order valence-electron chi connectivity index (χ0n) is 9.11. The van der Waals surface area contributed by atoms with Crippen molar-refractivity contribution in [2.75, 3.05) is 13.2 Å². The zero-order chi connectivity index (χ0) is 11.3. The zero-order valence-corrected chi connectivity index (χ0v) is 9.11. The summed E-state index contributed by atoms with van der Waals surface area (Å²) in [5, 5.41) is 18.3. The number of hydrogen-bond acceptors (Lipinski definition) is 3. The van der Waals surface area contributed by atoms with E-state index in [1.54, 1.807) is 6.07 Å². The van der Waals surface area contributed by atoms with Crippen molar-refractivity contribution in [2.45, 2.75) is 19.8 Å². The van der Waals surface area contributed by atoms with Crippen molar-refractivity contribution in [1.29, 1.82) is 0 Å². The molecule has 15 heavy (non-hydrogen) atoms. The molecule has 0 spiro atoms. The number of aryl methyl sites for hydroxylation is 2. The molecule has 0 aliphatic heterocycles. The van der Waals surface area contributed by atoms with Crippen LogP contribution in [0, 0.1) is 12.8 Å². The molecule has 3 heteroatoms. The number of benzene rings is 1. The van der Waals surface area contributed by atoms with Crippen LogP contribution >= 0.6 is 0 Å². The van der Waals surface area contributed by atoms with E-state index in [-0.39, 0.29) is 12.5 Å². The van der Waals surface area contributed by atoms with Gasteiger partial charge in [0.1, 0.15) is 5.75 Å². The average Bonchev–Trinajstić information content (AvgIpc) is 2.24. The van der Waals surface area contributed by atoms with Gasteiger partial charge >= 0.3 is 0 Å². The predicted molar refractivity (Wildman–Crippen MR) is 60.8 cm³/mol. The number of phenols is 1. The predicted octanol–water partition coefficient (Wildman–Crippen LogP) is 1.20. The van der Waals surface area contributed by atoms with Crippen molar-refractivity contribution in [1.82, 2.24) is 0 Å². The summed E-state index contributed by atoms with van der Waals surface area (Å²) in [5.41, 5.74) is 7.57. The monoisotopic (exact) mass is 209 g/mol. The third-order valence-corrected chi connectivity index (χ3v) is 2.69. The highest BCUT2D eigenvalue weighted by molar-refractivity contribution is 5.34. The van der Waals surface area contributed by atoms with Crippen LogP contribution in [0.2, 0.25) is 0 Å². The van der Waals surface area contributed by atoms with Gasteiger partial charge in [0.2, 0.25) is 0 Å². The van der Waals surface area contributed by atoms with E-state index < -0.39 is 0 Å². The Bertz CT molecular complexity index is 308. The Balaban J connectivity index is 2.54. The van der Waals surface area contributed by atoms with Crippen molar-refractivity contribution in [3.05, 3.63) is 29.3 Å². The number of rotatable bonds is 5. The molecule has 0 aliphatic rings. The van der Waals surface area contributed by atoms with E-state index in [1.165, 1.54) is 5.56 Å². The third kappa shape index (κ3) is 3.53. The summed E-state index contributed by atoms with van der Waals surface area (Å²) >= 11 is 0. The van der Waals surface area contributed by atoms with Gasteiger partial charge in [0.05, 0.1) is 0 Å². The highest BCUT2D eigenvalue weighted by Crippen LogP contribution is 2.18. The molecule has 0 heterocycles. The standard InChI is InChI=1S/C12H19NO2/c1-9-6-10(4-5-12(9)15)2-3-11(7-13)8-14/h4-6,11,14-15H,2-3,7-8,13H2,1H3. The lowest BCUT2D eigenvalue weighted by Crippen LogP contribution is -2.18. The topological polar surface area (TPSA) is 66.5 Å². The van der Waals surface area contributed by atoms with Crippen LogP contribution in [0.4, 0.5) is 0 Å². The average molecular weight is 209 g/mol. The van der Waals surface area contributed by atoms with Crippen LogP contribution in [0.3, 0.4) is 0 Å². The Morgan fingerprint density at radius 3 is 2.67 bits per heavy atom. The molecule has 0 aliphatic carbocycles. The van der Waals surface area contributed by atoms with E-state index in [9.17, 15) is 5.11 Å². The van der Waals surface area contributed by atoms with Crippen molar-refractivity contribution in [3.63, 3.8) is 0 Å². The molecule has 1 atom stereocenters. The summed E-state index contributed by atoms with van der Waals surface area (Å²) in [6.45, 7) is 2.55. The quantitative estimate of drug-likeness (QED) is 0.682. The largest absolute Gasteiger partial charge is 0.508 e. The van der Waals surface area contributed by atoms with Crippen LogP contribution in [-0.4, -0.2) is 23.4 Å². The van der Waals surface area contributed by atoms with Crippen LogP contribution in [0.1, 0.15) is 17.5 Å². The van der Waals surface area contributed by atoms with Crippen LogP contribution in [0.15, 0.2) is 18.2 Å². The fraction of sp³-hybridized carbons (Fsp3) is 0.500. The second-order valence-electron chi connectivity index (χ2n) is 3.94. The minimum Gasteiger partial charge on any atom is -0.508 e. The molecule has 1 rings (SSSR count). The Morgan fingerprint density at radius 2 is 2.13 bits per heavy atom. The maximum absolute atomic E-state index is 9.35. The van der Waals surface area contributed by atoms with Gasteiger partial charge in [-0.3, -0.25) is 0 Å². The van der Waals surface area contributed by atoms with E-state index in [4.69, 9.17) is 10.8 Å². The number of phenolic OH excluding ortho intramolecular Hbond substituents is 1. The molecule has 0 bridgehead atoms. The van der Waals surface area contributed by atoms with Crippen molar-refractivity contribution in [2.24, 2.45) is 11.7 Å². The summed E-state index contributed by atoms with van der Waals surface area (Å²) in [4.78, 5) is 0.